The summed E-state index contributed by atoms with van der Waals surface area (Å²) in [6.45, 7) is 1.73. The smallest absolute Gasteiger partial charge is 0.262 e. The Morgan fingerprint density at radius 2 is 1.96 bits per heavy atom. The number of nitriles is 1. The van der Waals surface area contributed by atoms with Crippen LogP contribution in [0.15, 0.2) is 42.0 Å². The SMILES string of the molecule is Cc1ccc(Cl)c(/C=C(\C#N)C(=O)NCc2ccccc2Cl)c1F. The summed E-state index contributed by atoms with van der Waals surface area (Å²) < 4.78 is 14.1. The highest BCUT2D eigenvalue weighted by atomic mass is 35.5. The third-order valence-corrected chi connectivity index (χ3v) is 4.07. The summed E-state index contributed by atoms with van der Waals surface area (Å²) in [6, 6.07) is 11.8. The molecule has 0 radical (unpaired) electrons. The Morgan fingerprint density at radius 1 is 1.25 bits per heavy atom. The molecule has 0 bridgehead atoms. The summed E-state index contributed by atoms with van der Waals surface area (Å²) in [5, 5.41) is 12.4. The number of nitrogens with zero attached hydrogens (tertiary/aromatic N) is 1. The van der Waals surface area contributed by atoms with Gasteiger partial charge < -0.3 is 5.32 Å². The maximum absolute atomic E-state index is 14.1. The van der Waals surface area contributed by atoms with Crippen LogP contribution in [0.25, 0.3) is 6.08 Å². The number of carbonyl (C=O) groups is 1. The fraction of sp³-hybridized carbons (Fsp3) is 0.111. The molecule has 0 aliphatic heterocycles. The van der Waals surface area contributed by atoms with Crippen molar-refractivity contribution < 1.29 is 9.18 Å². The molecule has 24 heavy (non-hydrogen) atoms. The first-order chi connectivity index (χ1) is 11.4. The van der Waals surface area contributed by atoms with E-state index in [1.165, 1.54) is 12.1 Å². The van der Waals surface area contributed by atoms with E-state index in [0.717, 1.165) is 6.08 Å². The van der Waals surface area contributed by atoms with Crippen LogP contribution in [0.4, 0.5) is 4.39 Å². The van der Waals surface area contributed by atoms with E-state index in [-0.39, 0.29) is 22.7 Å². The molecule has 122 valence electrons. The van der Waals surface area contributed by atoms with Crippen molar-refractivity contribution in [1.29, 1.82) is 5.26 Å². The molecule has 1 amide bonds. The Kier molecular flexibility index (Phi) is 5.97. The highest BCUT2D eigenvalue weighted by Crippen LogP contribution is 2.24. The number of aryl methyl sites for hydroxylation is 1. The van der Waals surface area contributed by atoms with E-state index in [4.69, 9.17) is 23.2 Å². The van der Waals surface area contributed by atoms with Crippen molar-refractivity contribution in [3.63, 3.8) is 0 Å². The second kappa shape index (κ2) is 7.96. The number of rotatable bonds is 4. The van der Waals surface area contributed by atoms with Gasteiger partial charge in [-0.15, -0.1) is 0 Å². The number of hydrogen-bond donors (Lipinski definition) is 1. The van der Waals surface area contributed by atoms with Gasteiger partial charge in [0.2, 0.25) is 0 Å². The largest absolute Gasteiger partial charge is 0.347 e. The van der Waals surface area contributed by atoms with Gasteiger partial charge in [0.15, 0.2) is 0 Å². The molecule has 1 N–H and O–H groups in total. The zero-order valence-electron chi connectivity index (χ0n) is 12.7. The highest BCUT2D eigenvalue weighted by Gasteiger charge is 2.14. The lowest BCUT2D eigenvalue weighted by atomic mass is 10.1. The molecule has 0 aliphatic rings. The number of benzene rings is 2. The van der Waals surface area contributed by atoms with E-state index in [0.29, 0.717) is 16.1 Å². The lowest BCUT2D eigenvalue weighted by molar-refractivity contribution is -0.117. The average Bonchev–Trinajstić information content (AvgIpc) is 2.57. The van der Waals surface area contributed by atoms with Gasteiger partial charge in [0.05, 0.1) is 5.02 Å². The molecule has 0 unspecified atom stereocenters. The summed E-state index contributed by atoms with van der Waals surface area (Å²) in [4.78, 5) is 12.2. The standard InChI is InChI=1S/C18H13Cl2FN2O/c1-11-6-7-16(20)14(17(11)21)8-13(9-22)18(24)23-10-12-4-2-3-5-15(12)19/h2-8H,10H2,1H3,(H,23,24)/b13-8+. The van der Waals surface area contributed by atoms with Crippen LogP contribution >= 0.6 is 23.2 Å². The molecule has 0 saturated carbocycles. The van der Waals surface area contributed by atoms with Gasteiger partial charge in [-0.25, -0.2) is 4.39 Å². The Hall–Kier alpha value is -2.35. The van der Waals surface area contributed by atoms with Crippen molar-refractivity contribution in [2.45, 2.75) is 13.5 Å². The maximum Gasteiger partial charge on any atom is 0.262 e. The van der Waals surface area contributed by atoms with E-state index < -0.39 is 11.7 Å². The molecule has 2 aromatic carbocycles. The fourth-order valence-electron chi connectivity index (χ4n) is 2.02. The van der Waals surface area contributed by atoms with Crippen molar-refractivity contribution in [1.82, 2.24) is 5.32 Å². The first kappa shape index (κ1) is 18.0. The molecule has 2 aromatic rings. The van der Waals surface area contributed by atoms with Gasteiger partial charge in [0.1, 0.15) is 17.5 Å². The number of halogens is 3. The van der Waals surface area contributed by atoms with Gasteiger partial charge in [0.25, 0.3) is 5.91 Å². The molecule has 6 heteroatoms. The Bertz CT molecular complexity index is 857. The summed E-state index contributed by atoms with van der Waals surface area (Å²) >= 11 is 12.0. The molecular weight excluding hydrogens is 350 g/mol. The Morgan fingerprint density at radius 3 is 2.62 bits per heavy atom. The monoisotopic (exact) mass is 362 g/mol. The number of nitrogens with one attached hydrogen (secondary N) is 1. The molecule has 0 heterocycles. The zero-order chi connectivity index (χ0) is 17.7. The van der Waals surface area contributed by atoms with E-state index in [2.05, 4.69) is 5.32 Å². The highest BCUT2D eigenvalue weighted by molar-refractivity contribution is 6.32. The van der Waals surface area contributed by atoms with Crippen LogP contribution in [0.5, 0.6) is 0 Å². The quantitative estimate of drug-likeness (QED) is 0.634. The van der Waals surface area contributed by atoms with Crippen molar-refractivity contribution in [2.24, 2.45) is 0 Å². The van der Waals surface area contributed by atoms with E-state index in [1.54, 1.807) is 37.3 Å². The lowest BCUT2D eigenvalue weighted by Crippen LogP contribution is -2.24. The van der Waals surface area contributed by atoms with Gasteiger partial charge in [-0.1, -0.05) is 47.5 Å². The third kappa shape index (κ3) is 4.14. The second-order valence-electron chi connectivity index (χ2n) is 5.04. The first-order valence-corrected chi connectivity index (χ1v) is 7.77. The fourth-order valence-corrected chi connectivity index (χ4v) is 2.42. The van der Waals surface area contributed by atoms with Gasteiger partial charge >= 0.3 is 0 Å². The van der Waals surface area contributed by atoms with Crippen LogP contribution in [0.3, 0.4) is 0 Å². The summed E-state index contributed by atoms with van der Waals surface area (Å²) in [7, 11) is 0. The normalized spacial score (nSPS) is 11.0. The van der Waals surface area contributed by atoms with E-state index in [9.17, 15) is 14.4 Å². The van der Waals surface area contributed by atoms with Gasteiger partial charge in [0, 0.05) is 17.1 Å². The van der Waals surface area contributed by atoms with E-state index in [1.807, 2.05) is 0 Å². The van der Waals surface area contributed by atoms with Crippen molar-refractivity contribution in [3.8, 4) is 6.07 Å². The van der Waals surface area contributed by atoms with Crippen LogP contribution in [-0.4, -0.2) is 5.91 Å². The van der Waals surface area contributed by atoms with Gasteiger partial charge in [-0.3, -0.25) is 4.79 Å². The number of amides is 1. The molecule has 0 aromatic heterocycles. The molecule has 3 nitrogen and oxygen atoms in total. The second-order valence-corrected chi connectivity index (χ2v) is 5.85. The summed E-state index contributed by atoms with van der Waals surface area (Å²) in [5.41, 5.74) is 0.860. The van der Waals surface area contributed by atoms with Crippen LogP contribution in [0, 0.1) is 24.1 Å². The number of hydrogen-bond acceptors (Lipinski definition) is 2. The molecule has 0 fully saturated rings. The summed E-state index contributed by atoms with van der Waals surface area (Å²) in [5.74, 6) is -1.19. The maximum atomic E-state index is 14.1. The molecule has 0 atom stereocenters. The van der Waals surface area contributed by atoms with Crippen molar-refractivity contribution in [3.05, 3.63) is 74.5 Å². The Labute approximate surface area is 149 Å². The molecule has 0 spiro atoms. The van der Waals surface area contributed by atoms with Crippen molar-refractivity contribution >= 4 is 35.2 Å². The molecular formula is C18H13Cl2FN2O. The third-order valence-electron chi connectivity index (χ3n) is 3.37. The molecule has 0 saturated heterocycles. The lowest BCUT2D eigenvalue weighted by Gasteiger charge is -2.07. The molecule has 0 aliphatic carbocycles. The Balaban J connectivity index is 2.23. The van der Waals surface area contributed by atoms with Gasteiger partial charge in [-0.05, 0) is 36.3 Å². The van der Waals surface area contributed by atoms with Crippen molar-refractivity contribution in [2.75, 3.05) is 0 Å². The number of carbonyl (C=O) groups excluding carboxylic acids is 1. The van der Waals surface area contributed by atoms with Gasteiger partial charge in [-0.2, -0.15) is 5.26 Å². The average molecular weight is 363 g/mol. The van der Waals surface area contributed by atoms with E-state index >= 15 is 0 Å². The predicted octanol–water partition coefficient (Wildman–Crippen LogP) is 4.66. The summed E-state index contributed by atoms with van der Waals surface area (Å²) in [6.07, 6.45) is 1.15. The minimum absolute atomic E-state index is 0.0149. The first-order valence-electron chi connectivity index (χ1n) is 7.02. The minimum Gasteiger partial charge on any atom is -0.347 e. The van der Waals surface area contributed by atoms with Crippen LogP contribution in [0.1, 0.15) is 16.7 Å². The van der Waals surface area contributed by atoms with Crippen LogP contribution in [-0.2, 0) is 11.3 Å². The topological polar surface area (TPSA) is 52.9 Å². The minimum atomic E-state index is -0.630. The predicted molar refractivity (Wildman–Crippen MR) is 93.0 cm³/mol. The molecule has 2 rings (SSSR count). The zero-order valence-corrected chi connectivity index (χ0v) is 14.2. The van der Waals surface area contributed by atoms with Crippen LogP contribution in [0.2, 0.25) is 10.0 Å². The van der Waals surface area contributed by atoms with Crippen LogP contribution < -0.4 is 5.32 Å².